The maximum atomic E-state index is 5.82. The number of likely N-dealkylation sites (tertiary alicyclic amines) is 1. The first kappa shape index (κ1) is 13.2. The van der Waals surface area contributed by atoms with Gasteiger partial charge < -0.3 is 15.5 Å². The van der Waals surface area contributed by atoms with Gasteiger partial charge in [-0.2, -0.15) is 0 Å². The summed E-state index contributed by atoms with van der Waals surface area (Å²) >= 11 is 0. The molecule has 1 aliphatic heterocycles. The van der Waals surface area contributed by atoms with Crippen LogP contribution in [0.4, 0.5) is 11.4 Å². The number of anilines is 2. The average Bonchev–Trinajstić information content (AvgIpc) is 2.38. The molecule has 0 radical (unpaired) electrons. The van der Waals surface area contributed by atoms with E-state index in [9.17, 15) is 0 Å². The van der Waals surface area contributed by atoms with E-state index in [-0.39, 0.29) is 0 Å². The predicted molar refractivity (Wildman–Crippen MR) is 79.0 cm³/mol. The quantitative estimate of drug-likeness (QED) is 0.829. The highest BCUT2D eigenvalue weighted by atomic mass is 15.1. The minimum absolute atomic E-state index is 0.846. The van der Waals surface area contributed by atoms with Crippen molar-refractivity contribution in [3.05, 3.63) is 24.3 Å². The third-order valence-electron chi connectivity index (χ3n) is 4.02. The SMILES string of the molecule is CN1CCC(CCN(C)c2cccc(N)c2)CC1. The van der Waals surface area contributed by atoms with Gasteiger partial charge in [-0.3, -0.25) is 0 Å². The molecule has 3 heteroatoms. The van der Waals surface area contributed by atoms with Crippen LogP contribution < -0.4 is 10.6 Å². The number of hydrogen-bond donors (Lipinski definition) is 1. The van der Waals surface area contributed by atoms with Crippen molar-refractivity contribution >= 4 is 11.4 Å². The minimum Gasteiger partial charge on any atom is -0.399 e. The van der Waals surface area contributed by atoms with Crippen molar-refractivity contribution < 1.29 is 0 Å². The van der Waals surface area contributed by atoms with E-state index < -0.39 is 0 Å². The Labute approximate surface area is 111 Å². The zero-order valence-electron chi connectivity index (χ0n) is 11.6. The van der Waals surface area contributed by atoms with Crippen LogP contribution in [0, 0.1) is 5.92 Å². The number of benzene rings is 1. The smallest absolute Gasteiger partial charge is 0.0384 e. The molecule has 0 spiro atoms. The Morgan fingerprint density at radius 3 is 2.72 bits per heavy atom. The molecule has 1 heterocycles. The monoisotopic (exact) mass is 247 g/mol. The second-order valence-corrected chi connectivity index (χ2v) is 5.55. The summed E-state index contributed by atoms with van der Waals surface area (Å²) in [5, 5.41) is 0. The first-order chi connectivity index (χ1) is 8.65. The molecule has 18 heavy (non-hydrogen) atoms. The molecule has 0 amide bonds. The van der Waals surface area contributed by atoms with Crippen molar-refractivity contribution in [3.8, 4) is 0 Å². The molecule has 0 atom stereocenters. The Bertz CT molecular complexity index is 370. The van der Waals surface area contributed by atoms with Crippen molar-refractivity contribution in [2.24, 2.45) is 5.92 Å². The fraction of sp³-hybridized carbons (Fsp3) is 0.600. The molecule has 2 rings (SSSR count). The summed E-state index contributed by atoms with van der Waals surface area (Å²) in [5.74, 6) is 0.893. The van der Waals surface area contributed by atoms with Crippen LogP contribution in [0.15, 0.2) is 24.3 Å². The lowest BCUT2D eigenvalue weighted by Crippen LogP contribution is -2.32. The number of nitrogens with zero attached hydrogens (tertiary/aromatic N) is 2. The number of piperidine rings is 1. The van der Waals surface area contributed by atoms with Crippen molar-refractivity contribution in [3.63, 3.8) is 0 Å². The highest BCUT2D eigenvalue weighted by molar-refractivity contribution is 5.55. The van der Waals surface area contributed by atoms with Crippen LogP contribution in [0.1, 0.15) is 19.3 Å². The second kappa shape index (κ2) is 6.10. The van der Waals surface area contributed by atoms with Gasteiger partial charge in [0.1, 0.15) is 0 Å². The third kappa shape index (κ3) is 3.64. The van der Waals surface area contributed by atoms with Crippen LogP contribution in [0.25, 0.3) is 0 Å². The van der Waals surface area contributed by atoms with Gasteiger partial charge in [-0.1, -0.05) is 6.07 Å². The molecule has 1 fully saturated rings. The molecule has 3 nitrogen and oxygen atoms in total. The largest absolute Gasteiger partial charge is 0.399 e. The van der Waals surface area contributed by atoms with E-state index in [0.29, 0.717) is 0 Å². The van der Waals surface area contributed by atoms with Crippen LogP contribution >= 0.6 is 0 Å². The lowest BCUT2D eigenvalue weighted by molar-refractivity contribution is 0.213. The molecule has 0 saturated carbocycles. The Balaban J connectivity index is 1.79. The van der Waals surface area contributed by atoms with E-state index in [0.717, 1.165) is 18.2 Å². The molecular formula is C15H25N3. The topological polar surface area (TPSA) is 32.5 Å². The van der Waals surface area contributed by atoms with Gasteiger partial charge >= 0.3 is 0 Å². The van der Waals surface area contributed by atoms with Gasteiger partial charge in [0, 0.05) is 25.0 Å². The summed E-state index contributed by atoms with van der Waals surface area (Å²) < 4.78 is 0. The van der Waals surface area contributed by atoms with Crippen LogP contribution in [0.2, 0.25) is 0 Å². The molecule has 1 aromatic rings. The maximum absolute atomic E-state index is 5.82. The van der Waals surface area contributed by atoms with Gasteiger partial charge in [0.15, 0.2) is 0 Å². The van der Waals surface area contributed by atoms with Gasteiger partial charge in [-0.15, -0.1) is 0 Å². The van der Waals surface area contributed by atoms with Gasteiger partial charge in [0.05, 0.1) is 0 Å². The summed E-state index contributed by atoms with van der Waals surface area (Å²) in [6.45, 7) is 3.64. The number of nitrogens with two attached hydrogens (primary N) is 1. The molecule has 1 aliphatic rings. The highest BCUT2D eigenvalue weighted by Gasteiger charge is 2.16. The number of rotatable bonds is 4. The molecule has 1 saturated heterocycles. The molecule has 0 aliphatic carbocycles. The number of nitrogen functional groups attached to an aromatic ring is 1. The maximum Gasteiger partial charge on any atom is 0.0384 e. The summed E-state index contributed by atoms with van der Waals surface area (Å²) in [7, 11) is 4.37. The summed E-state index contributed by atoms with van der Waals surface area (Å²) in [6.07, 6.45) is 3.99. The van der Waals surface area contributed by atoms with E-state index in [4.69, 9.17) is 5.73 Å². The molecule has 0 unspecified atom stereocenters. The predicted octanol–water partition coefficient (Wildman–Crippen LogP) is 2.44. The molecular weight excluding hydrogens is 222 g/mol. The fourth-order valence-electron chi connectivity index (χ4n) is 2.62. The van der Waals surface area contributed by atoms with Crippen LogP contribution in [0.3, 0.4) is 0 Å². The van der Waals surface area contributed by atoms with Crippen LogP contribution in [-0.4, -0.2) is 38.6 Å². The first-order valence-electron chi connectivity index (χ1n) is 6.90. The Kier molecular flexibility index (Phi) is 4.48. The van der Waals surface area contributed by atoms with Gasteiger partial charge in [0.2, 0.25) is 0 Å². The molecule has 0 aromatic heterocycles. The molecule has 100 valence electrons. The number of hydrogen-bond acceptors (Lipinski definition) is 3. The Morgan fingerprint density at radius 1 is 1.33 bits per heavy atom. The van der Waals surface area contributed by atoms with E-state index >= 15 is 0 Å². The average molecular weight is 247 g/mol. The normalized spacial score (nSPS) is 17.9. The van der Waals surface area contributed by atoms with Gasteiger partial charge in [-0.25, -0.2) is 0 Å². The Hall–Kier alpha value is -1.22. The van der Waals surface area contributed by atoms with Crippen molar-refractivity contribution in [2.45, 2.75) is 19.3 Å². The van der Waals surface area contributed by atoms with Crippen LogP contribution in [-0.2, 0) is 0 Å². The van der Waals surface area contributed by atoms with Crippen LogP contribution in [0.5, 0.6) is 0 Å². The first-order valence-corrected chi connectivity index (χ1v) is 6.90. The Morgan fingerprint density at radius 2 is 2.06 bits per heavy atom. The summed E-state index contributed by atoms with van der Waals surface area (Å²) in [4.78, 5) is 4.74. The van der Waals surface area contributed by atoms with Gasteiger partial charge in [-0.05, 0) is 63.5 Å². The minimum atomic E-state index is 0.846. The molecule has 0 bridgehead atoms. The van der Waals surface area contributed by atoms with Gasteiger partial charge in [0.25, 0.3) is 0 Å². The zero-order chi connectivity index (χ0) is 13.0. The summed E-state index contributed by atoms with van der Waals surface area (Å²) in [5.41, 5.74) is 7.89. The summed E-state index contributed by atoms with van der Waals surface area (Å²) in [6, 6.07) is 8.14. The van der Waals surface area contributed by atoms with E-state index in [1.807, 2.05) is 12.1 Å². The third-order valence-corrected chi connectivity index (χ3v) is 4.02. The van der Waals surface area contributed by atoms with Crippen molar-refractivity contribution in [1.82, 2.24) is 4.90 Å². The van der Waals surface area contributed by atoms with E-state index in [1.54, 1.807) is 0 Å². The molecule has 2 N–H and O–H groups in total. The highest BCUT2D eigenvalue weighted by Crippen LogP contribution is 2.22. The lowest BCUT2D eigenvalue weighted by Gasteiger charge is -2.30. The molecule has 1 aromatic carbocycles. The van der Waals surface area contributed by atoms with E-state index in [2.05, 4.69) is 36.0 Å². The van der Waals surface area contributed by atoms with Crippen molar-refractivity contribution in [1.29, 1.82) is 0 Å². The lowest BCUT2D eigenvalue weighted by atomic mass is 9.93. The standard InChI is InChI=1S/C15H25N3/c1-17-9-6-13(7-10-17)8-11-18(2)15-5-3-4-14(16)12-15/h3-5,12-13H,6-11,16H2,1-2H3. The van der Waals surface area contributed by atoms with E-state index in [1.165, 1.54) is 38.0 Å². The zero-order valence-corrected chi connectivity index (χ0v) is 11.6. The fourth-order valence-corrected chi connectivity index (χ4v) is 2.62. The van der Waals surface area contributed by atoms with Crippen molar-refractivity contribution in [2.75, 3.05) is 44.4 Å². The second-order valence-electron chi connectivity index (χ2n) is 5.55.